The van der Waals surface area contributed by atoms with Gasteiger partial charge in [0, 0.05) is 0 Å². The van der Waals surface area contributed by atoms with E-state index < -0.39 is 0 Å². The van der Waals surface area contributed by atoms with E-state index in [1.807, 2.05) is 31.2 Å². The third kappa shape index (κ3) is 4.31. The molecule has 0 aromatic heterocycles. The van der Waals surface area contributed by atoms with Crippen molar-refractivity contribution in [2.75, 3.05) is 7.11 Å². The molecule has 0 radical (unpaired) electrons. The van der Waals surface area contributed by atoms with Crippen LogP contribution in [0.15, 0.2) is 48.5 Å². The van der Waals surface area contributed by atoms with E-state index >= 15 is 0 Å². The molecule has 0 saturated heterocycles. The molecule has 4 heteroatoms. The number of nitrogens with one attached hydrogen (secondary N) is 1. The summed E-state index contributed by atoms with van der Waals surface area (Å²) in [6.07, 6.45) is 0.280. The number of carbonyl (C=O) groups excluding carboxylic acids is 1. The SMILES string of the molecule is COc1cccc(CC(=O)N[C@H](C)c2ccc(F)cc2)c1. The summed E-state index contributed by atoms with van der Waals surface area (Å²) in [6.45, 7) is 1.87. The Morgan fingerprint density at radius 2 is 1.95 bits per heavy atom. The number of amides is 1. The number of hydrogen-bond acceptors (Lipinski definition) is 2. The van der Waals surface area contributed by atoms with Crippen molar-refractivity contribution in [2.24, 2.45) is 0 Å². The quantitative estimate of drug-likeness (QED) is 0.916. The summed E-state index contributed by atoms with van der Waals surface area (Å²) in [5, 5.41) is 2.90. The molecule has 0 spiro atoms. The molecule has 110 valence electrons. The summed E-state index contributed by atoms with van der Waals surface area (Å²) in [4.78, 5) is 12.0. The van der Waals surface area contributed by atoms with E-state index in [1.54, 1.807) is 19.2 Å². The minimum Gasteiger partial charge on any atom is -0.497 e. The van der Waals surface area contributed by atoms with Crippen LogP contribution in [-0.4, -0.2) is 13.0 Å². The number of ether oxygens (including phenoxy) is 1. The predicted octanol–water partition coefficient (Wildman–Crippen LogP) is 3.25. The Morgan fingerprint density at radius 1 is 1.24 bits per heavy atom. The summed E-state index contributed by atoms with van der Waals surface area (Å²) >= 11 is 0. The third-order valence-corrected chi connectivity index (χ3v) is 3.25. The molecule has 2 aromatic rings. The molecule has 1 atom stereocenters. The fraction of sp³-hybridized carbons (Fsp3) is 0.235. The number of hydrogen-bond donors (Lipinski definition) is 1. The summed E-state index contributed by atoms with van der Waals surface area (Å²) in [5.74, 6) is 0.362. The first kappa shape index (κ1) is 15.0. The second-order valence-corrected chi connectivity index (χ2v) is 4.87. The van der Waals surface area contributed by atoms with E-state index in [1.165, 1.54) is 12.1 Å². The lowest BCUT2D eigenvalue weighted by molar-refractivity contribution is -0.121. The zero-order chi connectivity index (χ0) is 15.2. The maximum Gasteiger partial charge on any atom is 0.224 e. The molecule has 0 unspecified atom stereocenters. The van der Waals surface area contributed by atoms with E-state index in [-0.39, 0.29) is 24.2 Å². The second-order valence-electron chi connectivity index (χ2n) is 4.87. The van der Waals surface area contributed by atoms with Gasteiger partial charge in [0.25, 0.3) is 0 Å². The third-order valence-electron chi connectivity index (χ3n) is 3.25. The Hall–Kier alpha value is -2.36. The Morgan fingerprint density at radius 3 is 2.62 bits per heavy atom. The van der Waals surface area contributed by atoms with Crippen LogP contribution in [0, 0.1) is 5.82 Å². The molecular weight excluding hydrogens is 269 g/mol. The Balaban J connectivity index is 1.96. The lowest BCUT2D eigenvalue weighted by Gasteiger charge is -2.14. The number of benzene rings is 2. The van der Waals surface area contributed by atoms with Crippen molar-refractivity contribution in [1.82, 2.24) is 5.32 Å². The molecule has 3 nitrogen and oxygen atoms in total. The van der Waals surface area contributed by atoms with Crippen LogP contribution < -0.4 is 10.1 Å². The highest BCUT2D eigenvalue weighted by atomic mass is 19.1. The van der Waals surface area contributed by atoms with Crippen LogP contribution in [-0.2, 0) is 11.2 Å². The zero-order valence-electron chi connectivity index (χ0n) is 12.1. The first-order valence-electron chi connectivity index (χ1n) is 6.76. The molecule has 0 aliphatic rings. The molecule has 0 aliphatic heterocycles. The van der Waals surface area contributed by atoms with Gasteiger partial charge in [0.2, 0.25) is 5.91 Å². The monoisotopic (exact) mass is 287 g/mol. The van der Waals surface area contributed by atoms with Gasteiger partial charge in [0.05, 0.1) is 19.6 Å². The highest BCUT2D eigenvalue weighted by Gasteiger charge is 2.10. The maximum atomic E-state index is 12.9. The minimum atomic E-state index is -0.284. The van der Waals surface area contributed by atoms with E-state index in [2.05, 4.69) is 5.32 Å². The van der Waals surface area contributed by atoms with Crippen molar-refractivity contribution in [3.63, 3.8) is 0 Å². The molecule has 21 heavy (non-hydrogen) atoms. The van der Waals surface area contributed by atoms with Crippen molar-refractivity contribution in [3.8, 4) is 5.75 Å². The Kier molecular flexibility index (Phi) is 4.93. The van der Waals surface area contributed by atoms with Gasteiger partial charge in [0.1, 0.15) is 11.6 Å². The summed E-state index contributed by atoms with van der Waals surface area (Å²) in [7, 11) is 1.59. The Bertz CT molecular complexity index is 610. The van der Waals surface area contributed by atoms with Gasteiger partial charge in [0.15, 0.2) is 0 Å². The zero-order valence-corrected chi connectivity index (χ0v) is 12.1. The van der Waals surface area contributed by atoms with Gasteiger partial charge >= 0.3 is 0 Å². The molecule has 2 aromatic carbocycles. The predicted molar refractivity (Wildman–Crippen MR) is 79.7 cm³/mol. The van der Waals surface area contributed by atoms with Crippen LogP contribution in [0.5, 0.6) is 5.75 Å². The molecular formula is C17H18FNO2. The van der Waals surface area contributed by atoms with Gasteiger partial charge in [-0.15, -0.1) is 0 Å². The average Bonchev–Trinajstić information content (AvgIpc) is 2.47. The van der Waals surface area contributed by atoms with Gasteiger partial charge in [-0.3, -0.25) is 4.79 Å². The van der Waals surface area contributed by atoms with Gasteiger partial charge < -0.3 is 10.1 Å². The first-order valence-corrected chi connectivity index (χ1v) is 6.76. The highest BCUT2D eigenvalue weighted by Crippen LogP contribution is 2.15. The minimum absolute atomic E-state index is 0.0833. The van der Waals surface area contributed by atoms with Gasteiger partial charge in [-0.1, -0.05) is 24.3 Å². The van der Waals surface area contributed by atoms with Crippen LogP contribution in [0.25, 0.3) is 0 Å². The van der Waals surface area contributed by atoms with Crippen LogP contribution in [0.3, 0.4) is 0 Å². The standard InChI is InChI=1S/C17H18FNO2/c1-12(14-6-8-15(18)9-7-14)19-17(20)11-13-4-3-5-16(10-13)21-2/h3-10,12H,11H2,1-2H3,(H,19,20)/t12-/m1/s1. The average molecular weight is 287 g/mol. The molecule has 0 saturated carbocycles. The normalized spacial score (nSPS) is 11.8. The van der Waals surface area contributed by atoms with Gasteiger partial charge in [-0.25, -0.2) is 4.39 Å². The van der Waals surface area contributed by atoms with E-state index in [9.17, 15) is 9.18 Å². The first-order chi connectivity index (χ1) is 10.1. The fourth-order valence-electron chi connectivity index (χ4n) is 2.10. The van der Waals surface area contributed by atoms with Crippen LogP contribution >= 0.6 is 0 Å². The van der Waals surface area contributed by atoms with Gasteiger partial charge in [-0.2, -0.15) is 0 Å². The van der Waals surface area contributed by atoms with E-state index in [4.69, 9.17) is 4.74 Å². The fourth-order valence-corrected chi connectivity index (χ4v) is 2.10. The number of rotatable bonds is 5. The smallest absolute Gasteiger partial charge is 0.224 e. The number of carbonyl (C=O) groups is 1. The molecule has 1 N–H and O–H groups in total. The van der Waals surface area contributed by atoms with E-state index in [0.29, 0.717) is 0 Å². The molecule has 0 bridgehead atoms. The molecule has 0 heterocycles. The summed E-state index contributed by atoms with van der Waals surface area (Å²) in [5.41, 5.74) is 1.76. The summed E-state index contributed by atoms with van der Waals surface area (Å²) in [6, 6.07) is 13.4. The van der Waals surface area contributed by atoms with Gasteiger partial charge in [-0.05, 0) is 42.3 Å². The van der Waals surface area contributed by atoms with Crippen molar-refractivity contribution >= 4 is 5.91 Å². The molecule has 1 amide bonds. The second kappa shape index (κ2) is 6.88. The molecule has 0 fully saturated rings. The lowest BCUT2D eigenvalue weighted by Crippen LogP contribution is -2.28. The lowest BCUT2D eigenvalue weighted by atomic mass is 10.1. The Labute approximate surface area is 123 Å². The van der Waals surface area contributed by atoms with Crippen molar-refractivity contribution in [2.45, 2.75) is 19.4 Å². The van der Waals surface area contributed by atoms with Crippen molar-refractivity contribution in [1.29, 1.82) is 0 Å². The largest absolute Gasteiger partial charge is 0.497 e. The van der Waals surface area contributed by atoms with Crippen molar-refractivity contribution in [3.05, 3.63) is 65.5 Å². The van der Waals surface area contributed by atoms with Crippen LogP contribution in [0.1, 0.15) is 24.1 Å². The van der Waals surface area contributed by atoms with Crippen LogP contribution in [0.4, 0.5) is 4.39 Å². The van der Waals surface area contributed by atoms with Crippen molar-refractivity contribution < 1.29 is 13.9 Å². The highest BCUT2D eigenvalue weighted by molar-refractivity contribution is 5.79. The van der Waals surface area contributed by atoms with Crippen LogP contribution in [0.2, 0.25) is 0 Å². The number of methoxy groups -OCH3 is 1. The molecule has 2 rings (SSSR count). The topological polar surface area (TPSA) is 38.3 Å². The maximum absolute atomic E-state index is 12.9. The number of halogens is 1. The summed E-state index contributed by atoms with van der Waals surface area (Å²) < 4.78 is 18.0. The van der Waals surface area contributed by atoms with E-state index in [0.717, 1.165) is 16.9 Å². The molecule has 0 aliphatic carbocycles.